The maximum absolute atomic E-state index is 13.0. The van der Waals surface area contributed by atoms with E-state index in [-0.39, 0.29) is 5.91 Å². The first-order valence-corrected chi connectivity index (χ1v) is 8.33. The number of hydrogen-bond acceptors (Lipinski definition) is 4. The van der Waals surface area contributed by atoms with E-state index in [4.69, 9.17) is 21.1 Å². The van der Waals surface area contributed by atoms with Crippen LogP contribution in [0, 0.1) is 0 Å². The number of aromatic nitrogens is 1. The summed E-state index contributed by atoms with van der Waals surface area (Å²) >= 11 is 5.93. The van der Waals surface area contributed by atoms with Gasteiger partial charge in [0.05, 0.1) is 25.9 Å². The average Bonchev–Trinajstić information content (AvgIpc) is 2.94. The highest BCUT2D eigenvalue weighted by Crippen LogP contribution is 2.30. The molecule has 0 aliphatic carbocycles. The monoisotopic (exact) mass is 350 g/mol. The number of aryl methyl sites for hydroxylation is 1. The molecular weight excluding hydrogens is 332 g/mol. The minimum absolute atomic E-state index is 0.166. The van der Waals surface area contributed by atoms with Gasteiger partial charge in [-0.2, -0.15) is 0 Å². The van der Waals surface area contributed by atoms with Gasteiger partial charge in [-0.1, -0.05) is 0 Å². The lowest BCUT2D eigenvalue weighted by Crippen LogP contribution is -2.41. The van der Waals surface area contributed by atoms with Crippen LogP contribution in [0.3, 0.4) is 0 Å². The van der Waals surface area contributed by atoms with Gasteiger partial charge in [0, 0.05) is 36.4 Å². The van der Waals surface area contributed by atoms with Gasteiger partial charge in [0.15, 0.2) is 6.29 Å². The van der Waals surface area contributed by atoms with E-state index in [1.54, 1.807) is 18.1 Å². The molecule has 3 rings (SSSR count). The Morgan fingerprint density at radius 1 is 1.38 bits per heavy atom. The largest absolute Gasteiger partial charge is 0.497 e. The molecule has 0 bridgehead atoms. The Kier molecular flexibility index (Phi) is 5.06. The number of methoxy groups -OCH3 is 1. The number of ether oxygens (including phenoxy) is 2. The van der Waals surface area contributed by atoms with Crippen LogP contribution >= 0.6 is 11.6 Å². The maximum Gasteiger partial charge on any atom is 0.271 e. The highest BCUT2D eigenvalue weighted by atomic mass is 35.5. The maximum atomic E-state index is 13.0. The van der Waals surface area contributed by atoms with Crippen molar-refractivity contribution in [3.8, 4) is 5.75 Å². The molecule has 2 heterocycles. The molecule has 7 heteroatoms. The van der Waals surface area contributed by atoms with Gasteiger partial charge in [-0.3, -0.25) is 9.59 Å². The first-order valence-electron chi connectivity index (χ1n) is 7.79. The quantitative estimate of drug-likeness (QED) is 0.612. The number of amides is 1. The number of carbonyl (C=O) groups is 2. The molecule has 0 atom stereocenters. The van der Waals surface area contributed by atoms with Gasteiger partial charge in [-0.25, -0.2) is 0 Å². The van der Waals surface area contributed by atoms with E-state index >= 15 is 0 Å². The van der Waals surface area contributed by atoms with Crippen molar-refractivity contribution in [1.82, 2.24) is 9.47 Å². The summed E-state index contributed by atoms with van der Waals surface area (Å²) in [7, 11) is 1.57. The van der Waals surface area contributed by atoms with Crippen LogP contribution in [0.1, 0.15) is 20.8 Å². The molecule has 1 aromatic heterocycles. The van der Waals surface area contributed by atoms with Crippen molar-refractivity contribution in [1.29, 1.82) is 0 Å². The third kappa shape index (κ3) is 2.87. The predicted molar refractivity (Wildman–Crippen MR) is 91.3 cm³/mol. The fourth-order valence-corrected chi connectivity index (χ4v) is 3.24. The van der Waals surface area contributed by atoms with Crippen LogP contribution in [0.5, 0.6) is 5.75 Å². The number of halogens is 1. The summed E-state index contributed by atoms with van der Waals surface area (Å²) in [4.78, 5) is 26.5. The first-order chi connectivity index (χ1) is 11.7. The third-order valence-corrected chi connectivity index (χ3v) is 4.41. The lowest BCUT2D eigenvalue weighted by molar-refractivity contribution is 0.0295. The topological polar surface area (TPSA) is 60.8 Å². The molecule has 6 nitrogen and oxygen atoms in total. The van der Waals surface area contributed by atoms with Gasteiger partial charge in [0.1, 0.15) is 11.4 Å². The SMILES string of the molecule is COc1ccc2c(c1)c(C=O)c(C(=O)N1CCOCC1)n2CCCl. The number of alkyl halides is 1. The zero-order valence-electron chi connectivity index (χ0n) is 13.5. The standard InChI is InChI=1S/C17H19ClN2O4/c1-23-12-2-3-15-13(10-12)14(11-21)16(20(15)5-4-18)17(22)19-6-8-24-9-7-19/h2-3,10-11H,4-9H2,1H3. The highest BCUT2D eigenvalue weighted by molar-refractivity contribution is 6.18. The van der Waals surface area contributed by atoms with Gasteiger partial charge in [0.25, 0.3) is 5.91 Å². The van der Waals surface area contributed by atoms with Crippen LogP contribution in [0.2, 0.25) is 0 Å². The smallest absolute Gasteiger partial charge is 0.271 e. The fourth-order valence-electron chi connectivity index (χ4n) is 3.07. The molecule has 1 aliphatic rings. The van der Waals surface area contributed by atoms with Crippen molar-refractivity contribution >= 4 is 34.7 Å². The molecule has 1 saturated heterocycles. The Morgan fingerprint density at radius 3 is 2.75 bits per heavy atom. The van der Waals surface area contributed by atoms with E-state index in [0.717, 1.165) is 11.8 Å². The number of morpholine rings is 1. The summed E-state index contributed by atoms with van der Waals surface area (Å²) in [5.74, 6) is 0.817. The normalized spacial score (nSPS) is 14.8. The van der Waals surface area contributed by atoms with E-state index in [1.165, 1.54) is 0 Å². The molecule has 2 aromatic rings. The van der Waals surface area contributed by atoms with E-state index < -0.39 is 0 Å². The Morgan fingerprint density at radius 2 is 2.12 bits per heavy atom. The number of fused-ring (bicyclic) bond motifs is 1. The molecule has 0 N–H and O–H groups in total. The Labute approximate surface area is 144 Å². The van der Waals surface area contributed by atoms with E-state index in [9.17, 15) is 9.59 Å². The van der Waals surface area contributed by atoms with Crippen molar-refractivity contribution in [2.24, 2.45) is 0 Å². The minimum atomic E-state index is -0.166. The van der Waals surface area contributed by atoms with Gasteiger partial charge < -0.3 is 18.9 Å². The number of rotatable bonds is 5. The molecule has 128 valence electrons. The van der Waals surface area contributed by atoms with Crippen molar-refractivity contribution in [3.63, 3.8) is 0 Å². The summed E-state index contributed by atoms with van der Waals surface area (Å²) in [6.07, 6.45) is 0.736. The van der Waals surface area contributed by atoms with Crippen LogP contribution < -0.4 is 4.74 Å². The summed E-state index contributed by atoms with van der Waals surface area (Å²) in [5, 5.41) is 0.700. The first kappa shape index (κ1) is 16.8. The number of carbonyl (C=O) groups excluding carboxylic acids is 2. The second-order valence-corrected chi connectivity index (χ2v) is 5.89. The Hall–Kier alpha value is -2.05. The lowest BCUT2D eigenvalue weighted by atomic mass is 10.1. The van der Waals surface area contributed by atoms with E-state index in [2.05, 4.69) is 0 Å². The molecule has 24 heavy (non-hydrogen) atoms. The molecule has 0 unspecified atom stereocenters. The van der Waals surface area contributed by atoms with E-state index in [0.29, 0.717) is 61.1 Å². The number of hydrogen-bond donors (Lipinski definition) is 0. The average molecular weight is 351 g/mol. The fraction of sp³-hybridized carbons (Fsp3) is 0.412. The van der Waals surface area contributed by atoms with Crippen molar-refractivity contribution in [3.05, 3.63) is 29.5 Å². The number of nitrogens with zero attached hydrogens (tertiary/aromatic N) is 2. The molecule has 1 amide bonds. The Balaban J connectivity index is 2.18. The zero-order valence-corrected chi connectivity index (χ0v) is 14.2. The molecule has 1 aromatic carbocycles. The summed E-state index contributed by atoms with van der Waals surface area (Å²) in [5.41, 5.74) is 1.57. The van der Waals surface area contributed by atoms with E-state index in [1.807, 2.05) is 16.7 Å². The summed E-state index contributed by atoms with van der Waals surface area (Å²) in [6, 6.07) is 5.44. The van der Waals surface area contributed by atoms with Crippen LogP contribution in [0.25, 0.3) is 10.9 Å². The van der Waals surface area contributed by atoms with Crippen LogP contribution in [0.15, 0.2) is 18.2 Å². The Bertz CT molecular complexity index is 766. The molecule has 0 spiro atoms. The molecule has 1 aliphatic heterocycles. The second kappa shape index (κ2) is 7.23. The van der Waals surface area contributed by atoms with Crippen molar-refractivity contribution in [2.45, 2.75) is 6.54 Å². The number of aldehydes is 1. The minimum Gasteiger partial charge on any atom is -0.497 e. The molecule has 0 radical (unpaired) electrons. The van der Waals surface area contributed by atoms with Gasteiger partial charge in [-0.15, -0.1) is 11.6 Å². The van der Waals surface area contributed by atoms with Crippen molar-refractivity contribution in [2.75, 3.05) is 39.3 Å². The van der Waals surface area contributed by atoms with Gasteiger partial charge in [-0.05, 0) is 18.2 Å². The second-order valence-electron chi connectivity index (χ2n) is 5.51. The zero-order chi connectivity index (χ0) is 17.1. The van der Waals surface area contributed by atoms with Crippen LogP contribution in [-0.2, 0) is 11.3 Å². The predicted octanol–water partition coefficient (Wildman–Crippen LogP) is 2.17. The molecular formula is C17H19ClN2O4. The lowest BCUT2D eigenvalue weighted by Gasteiger charge is -2.27. The molecule has 0 saturated carbocycles. The third-order valence-electron chi connectivity index (χ3n) is 4.24. The van der Waals surface area contributed by atoms with Crippen LogP contribution in [-0.4, -0.2) is 61.0 Å². The highest BCUT2D eigenvalue weighted by Gasteiger charge is 2.27. The van der Waals surface area contributed by atoms with Gasteiger partial charge >= 0.3 is 0 Å². The molecule has 1 fully saturated rings. The van der Waals surface area contributed by atoms with Crippen molar-refractivity contribution < 1.29 is 19.1 Å². The van der Waals surface area contributed by atoms with Gasteiger partial charge in [0.2, 0.25) is 0 Å². The summed E-state index contributed by atoms with van der Waals surface area (Å²) < 4.78 is 12.4. The van der Waals surface area contributed by atoms with Crippen LogP contribution in [0.4, 0.5) is 0 Å². The summed E-state index contributed by atoms with van der Waals surface area (Å²) in [6.45, 7) is 2.49. The number of benzene rings is 1.